The fourth-order valence-corrected chi connectivity index (χ4v) is 11.5. The molecule has 280 valence electrons. The number of hydrogen-bond acceptors (Lipinski definition) is 4. The highest BCUT2D eigenvalue weighted by Crippen LogP contribution is 2.66. The summed E-state index contributed by atoms with van der Waals surface area (Å²) in [6.07, 6.45) is 0. The minimum absolute atomic E-state index is 0.0701. The molecule has 1 N–H and O–H groups in total. The second-order valence-corrected chi connectivity index (χ2v) is 17.2. The van der Waals surface area contributed by atoms with Crippen LogP contribution in [0.3, 0.4) is 0 Å². The topological polar surface area (TPSA) is 37.8 Å². The summed E-state index contributed by atoms with van der Waals surface area (Å²) in [7, 11) is 0. The molecule has 60 heavy (non-hydrogen) atoms. The molecule has 13 rings (SSSR count). The van der Waals surface area contributed by atoms with E-state index in [9.17, 15) is 0 Å². The first-order valence-corrected chi connectivity index (χ1v) is 21.5. The molecule has 4 heteroatoms. The Morgan fingerprint density at radius 1 is 0.433 bits per heavy atom. The third-order valence-corrected chi connectivity index (χ3v) is 14.2. The monoisotopic (exact) mass is 781 g/mol. The first-order valence-electron chi connectivity index (χ1n) is 20.6. The van der Waals surface area contributed by atoms with Gasteiger partial charge in [0.1, 0.15) is 5.37 Å². The van der Waals surface area contributed by atoms with Gasteiger partial charge in [-0.15, -0.1) is 0 Å². The fraction of sp³-hybridized carbons (Fsp3) is 0.0357. The summed E-state index contributed by atoms with van der Waals surface area (Å²) in [4.78, 5) is 11.6. The number of aromatic nitrogens is 2. The lowest BCUT2D eigenvalue weighted by molar-refractivity contribution is 0.793. The Kier molecular flexibility index (Phi) is 7.22. The molecule has 1 aromatic heterocycles. The van der Waals surface area contributed by atoms with Crippen molar-refractivity contribution in [3.63, 3.8) is 0 Å². The van der Waals surface area contributed by atoms with Gasteiger partial charge in [-0.2, -0.15) is 0 Å². The molecule has 9 aromatic carbocycles. The van der Waals surface area contributed by atoms with Gasteiger partial charge in [0.15, 0.2) is 5.82 Å². The normalized spacial score (nSPS) is 15.0. The summed E-state index contributed by atoms with van der Waals surface area (Å²) < 4.78 is 0. The average molecular weight is 782 g/mol. The molecule has 0 fully saturated rings. The zero-order valence-corrected chi connectivity index (χ0v) is 33.2. The van der Waals surface area contributed by atoms with Crippen molar-refractivity contribution in [3.8, 4) is 56.0 Å². The summed E-state index contributed by atoms with van der Waals surface area (Å²) in [5.74, 6) is 0.723. The third kappa shape index (κ3) is 4.74. The van der Waals surface area contributed by atoms with E-state index in [2.05, 4.69) is 206 Å². The van der Waals surface area contributed by atoms with Crippen LogP contribution < -0.4 is 5.32 Å². The number of nitrogens with one attached hydrogen (secondary N) is 1. The first kappa shape index (κ1) is 33.7. The van der Waals surface area contributed by atoms with E-state index < -0.39 is 0 Å². The molecule has 10 aromatic rings. The zero-order valence-electron chi connectivity index (χ0n) is 32.4. The van der Waals surface area contributed by atoms with Crippen LogP contribution in [0.25, 0.3) is 77.7 Å². The predicted molar refractivity (Wildman–Crippen MR) is 248 cm³/mol. The zero-order chi connectivity index (χ0) is 39.4. The van der Waals surface area contributed by atoms with Crippen LogP contribution in [0, 0.1) is 0 Å². The van der Waals surface area contributed by atoms with Gasteiger partial charge in [-0.05, 0) is 78.5 Å². The van der Waals surface area contributed by atoms with Crippen molar-refractivity contribution in [2.45, 2.75) is 15.7 Å². The second kappa shape index (κ2) is 12.9. The van der Waals surface area contributed by atoms with E-state index in [1.54, 1.807) is 0 Å². The van der Waals surface area contributed by atoms with Gasteiger partial charge in [0.05, 0.1) is 22.3 Å². The second-order valence-electron chi connectivity index (χ2n) is 16.0. The number of nitrogens with zero attached hydrogens (tertiary/aromatic N) is 2. The Labute approximate surface area is 352 Å². The lowest BCUT2D eigenvalue weighted by Crippen LogP contribution is -2.25. The van der Waals surface area contributed by atoms with Gasteiger partial charge in [0.2, 0.25) is 0 Å². The Morgan fingerprint density at radius 3 is 1.78 bits per heavy atom. The van der Waals surface area contributed by atoms with Crippen LogP contribution in [0.15, 0.2) is 205 Å². The molecule has 2 aliphatic carbocycles. The molecular formula is C56H35N3S. The molecule has 1 atom stereocenters. The summed E-state index contributed by atoms with van der Waals surface area (Å²) in [6, 6.07) is 72.9. The maximum atomic E-state index is 5.25. The van der Waals surface area contributed by atoms with Gasteiger partial charge in [0.25, 0.3) is 0 Å². The highest BCUT2D eigenvalue weighted by molar-refractivity contribution is 8.00. The standard InChI is InChI=1S/C56H35N3S/c1-2-14-39-34(12-1)13-11-19-40(39)35-24-26-36(27-25-35)52-44-18-6-10-23-49(44)57-54(58-52)37-28-30-38(31-29-37)55-59-53-50(60-55)33-32-48-51(53)43-17-5-9-22-47(43)56(48)45-20-7-3-15-41(45)42-16-4-8-21-46(42)56/h1-33,55,59H. The van der Waals surface area contributed by atoms with Crippen molar-refractivity contribution in [1.29, 1.82) is 0 Å². The van der Waals surface area contributed by atoms with Crippen molar-refractivity contribution < 1.29 is 0 Å². The van der Waals surface area contributed by atoms with Crippen molar-refractivity contribution in [3.05, 3.63) is 228 Å². The molecule has 1 unspecified atom stereocenters. The maximum absolute atomic E-state index is 5.25. The van der Waals surface area contributed by atoms with Crippen LogP contribution in [0.5, 0.6) is 0 Å². The van der Waals surface area contributed by atoms with Crippen molar-refractivity contribution in [2.75, 3.05) is 5.32 Å². The molecule has 0 bridgehead atoms. The number of thioether (sulfide) groups is 1. The number of benzene rings is 9. The van der Waals surface area contributed by atoms with E-state index in [-0.39, 0.29) is 10.8 Å². The lowest BCUT2D eigenvalue weighted by Gasteiger charge is -2.30. The molecule has 1 aliphatic heterocycles. The van der Waals surface area contributed by atoms with E-state index in [0.29, 0.717) is 0 Å². The average Bonchev–Trinajstić information content (AvgIpc) is 3.98. The summed E-state index contributed by atoms with van der Waals surface area (Å²) in [5, 5.41) is 7.63. The smallest absolute Gasteiger partial charge is 0.160 e. The molecule has 0 saturated heterocycles. The first-order chi connectivity index (χ1) is 29.7. The van der Waals surface area contributed by atoms with Crippen LogP contribution in [0.4, 0.5) is 5.69 Å². The molecule has 0 saturated carbocycles. The van der Waals surface area contributed by atoms with Crippen molar-refractivity contribution >= 4 is 39.1 Å². The van der Waals surface area contributed by atoms with E-state index in [0.717, 1.165) is 33.5 Å². The predicted octanol–water partition coefficient (Wildman–Crippen LogP) is 14.3. The highest BCUT2D eigenvalue weighted by Gasteiger charge is 2.52. The van der Waals surface area contributed by atoms with E-state index in [1.807, 2.05) is 11.8 Å². The number of anilines is 1. The molecule has 2 heterocycles. The summed E-state index contributed by atoms with van der Waals surface area (Å²) >= 11 is 1.89. The van der Waals surface area contributed by atoms with Crippen molar-refractivity contribution in [2.24, 2.45) is 0 Å². The summed E-state index contributed by atoms with van der Waals surface area (Å²) in [6.45, 7) is 0. The number of hydrogen-bond donors (Lipinski definition) is 1. The molecule has 1 spiro atoms. The van der Waals surface area contributed by atoms with E-state index >= 15 is 0 Å². The highest BCUT2D eigenvalue weighted by atomic mass is 32.2. The summed E-state index contributed by atoms with van der Waals surface area (Å²) in [5.41, 5.74) is 19.2. The van der Waals surface area contributed by atoms with Crippen LogP contribution in [-0.4, -0.2) is 9.97 Å². The van der Waals surface area contributed by atoms with Crippen LogP contribution in [0.2, 0.25) is 0 Å². The largest absolute Gasteiger partial charge is 0.368 e. The van der Waals surface area contributed by atoms with E-state index in [1.165, 1.54) is 82.6 Å². The van der Waals surface area contributed by atoms with Crippen LogP contribution >= 0.6 is 11.8 Å². The quantitative estimate of drug-likeness (QED) is 0.193. The number of fused-ring (bicyclic) bond motifs is 14. The minimum Gasteiger partial charge on any atom is -0.368 e. The van der Waals surface area contributed by atoms with Gasteiger partial charge >= 0.3 is 0 Å². The Hall–Kier alpha value is -7.27. The fourth-order valence-electron chi connectivity index (χ4n) is 10.4. The van der Waals surface area contributed by atoms with Gasteiger partial charge in [-0.3, -0.25) is 0 Å². The van der Waals surface area contributed by atoms with Gasteiger partial charge in [-0.1, -0.05) is 200 Å². The van der Waals surface area contributed by atoms with Crippen LogP contribution in [0.1, 0.15) is 33.2 Å². The SMILES string of the molecule is c1ccc2c(c1)-c1ccccc1C21c2ccccc2-c2c1ccc1c2NC(c2ccc(-c3nc(-c4ccc(-c5cccc6ccccc56)cc4)c4ccccc4n3)cc2)S1. The Morgan fingerprint density at radius 2 is 1.02 bits per heavy atom. The maximum Gasteiger partial charge on any atom is 0.160 e. The van der Waals surface area contributed by atoms with E-state index in [4.69, 9.17) is 9.97 Å². The molecule has 0 radical (unpaired) electrons. The number of rotatable bonds is 4. The Bertz CT molecular complexity index is 3340. The lowest BCUT2D eigenvalue weighted by atomic mass is 9.70. The van der Waals surface area contributed by atoms with Crippen LogP contribution in [-0.2, 0) is 5.41 Å². The third-order valence-electron chi connectivity index (χ3n) is 13.0. The molecule has 0 amide bonds. The molecule has 3 aliphatic rings. The van der Waals surface area contributed by atoms with Gasteiger partial charge in [-0.25, -0.2) is 9.97 Å². The number of para-hydroxylation sites is 1. The molecular weight excluding hydrogens is 747 g/mol. The van der Waals surface area contributed by atoms with Crippen molar-refractivity contribution in [1.82, 2.24) is 9.97 Å². The van der Waals surface area contributed by atoms with Gasteiger partial charge in [0, 0.05) is 27.0 Å². The van der Waals surface area contributed by atoms with Gasteiger partial charge < -0.3 is 5.32 Å². The Balaban J connectivity index is 0.848. The minimum atomic E-state index is -0.349. The molecule has 3 nitrogen and oxygen atoms in total.